The Bertz CT molecular complexity index is 906. The summed E-state index contributed by atoms with van der Waals surface area (Å²) in [6.07, 6.45) is 2.18. The van der Waals surface area contributed by atoms with Gasteiger partial charge in [0, 0.05) is 30.8 Å². The van der Waals surface area contributed by atoms with Gasteiger partial charge in [0.2, 0.25) is 15.9 Å². The summed E-state index contributed by atoms with van der Waals surface area (Å²) < 4.78 is 26.0. The number of amides is 1. The van der Waals surface area contributed by atoms with Crippen molar-refractivity contribution in [2.75, 3.05) is 35.6 Å². The van der Waals surface area contributed by atoms with Crippen LogP contribution < -0.4 is 14.5 Å². The number of anilines is 2. The van der Waals surface area contributed by atoms with Crippen molar-refractivity contribution >= 4 is 38.9 Å². The molecule has 0 heterocycles. The molecule has 1 atom stereocenters. The Morgan fingerprint density at radius 1 is 1.10 bits per heavy atom. The standard InChI is InChI=1S/C21H28ClN3O3S/c1-4-20(25(29(3,27)28)19-13-8-10-17(22)16-19)21(26)23-14-9-15-24(2)18-11-6-5-7-12-18/h5-8,10-13,16,20H,4,9,14-15H2,1-3H3,(H,23,26). The Hall–Kier alpha value is -2.25. The zero-order valence-electron chi connectivity index (χ0n) is 17.0. The largest absolute Gasteiger partial charge is 0.375 e. The Balaban J connectivity index is 2.00. The number of hydrogen-bond acceptors (Lipinski definition) is 4. The third-order valence-corrected chi connectivity index (χ3v) is 5.97. The van der Waals surface area contributed by atoms with Gasteiger partial charge in [-0.2, -0.15) is 0 Å². The van der Waals surface area contributed by atoms with Crippen molar-refractivity contribution in [1.29, 1.82) is 0 Å². The van der Waals surface area contributed by atoms with Gasteiger partial charge >= 0.3 is 0 Å². The minimum Gasteiger partial charge on any atom is -0.375 e. The van der Waals surface area contributed by atoms with Crippen molar-refractivity contribution in [2.45, 2.75) is 25.8 Å². The van der Waals surface area contributed by atoms with Crippen LogP contribution in [0.2, 0.25) is 5.02 Å². The molecule has 0 saturated carbocycles. The average Bonchev–Trinajstić information content (AvgIpc) is 2.68. The van der Waals surface area contributed by atoms with Crippen LogP contribution in [0.4, 0.5) is 11.4 Å². The molecule has 29 heavy (non-hydrogen) atoms. The van der Waals surface area contributed by atoms with E-state index in [1.807, 2.05) is 37.4 Å². The number of benzene rings is 2. The molecule has 2 aromatic carbocycles. The molecule has 2 rings (SSSR count). The fourth-order valence-corrected chi connectivity index (χ4v) is 4.52. The molecule has 0 spiro atoms. The van der Waals surface area contributed by atoms with Gasteiger partial charge in [-0.25, -0.2) is 8.42 Å². The minimum atomic E-state index is -3.67. The Morgan fingerprint density at radius 3 is 2.34 bits per heavy atom. The smallest absolute Gasteiger partial charge is 0.243 e. The maximum absolute atomic E-state index is 12.8. The fourth-order valence-electron chi connectivity index (χ4n) is 3.13. The lowest BCUT2D eigenvalue weighted by atomic mass is 10.2. The molecular formula is C21H28ClN3O3S. The molecule has 2 aromatic rings. The van der Waals surface area contributed by atoms with E-state index in [9.17, 15) is 13.2 Å². The number of para-hydroxylation sites is 1. The highest BCUT2D eigenvalue weighted by Crippen LogP contribution is 2.25. The molecule has 158 valence electrons. The maximum Gasteiger partial charge on any atom is 0.243 e. The van der Waals surface area contributed by atoms with Crippen LogP contribution in [-0.4, -0.2) is 46.8 Å². The summed E-state index contributed by atoms with van der Waals surface area (Å²) in [7, 11) is -1.67. The van der Waals surface area contributed by atoms with E-state index < -0.39 is 16.1 Å². The predicted molar refractivity (Wildman–Crippen MR) is 120 cm³/mol. The first kappa shape index (κ1) is 23.0. The van der Waals surface area contributed by atoms with Gasteiger partial charge < -0.3 is 10.2 Å². The van der Waals surface area contributed by atoms with Gasteiger partial charge in [0.25, 0.3) is 0 Å². The molecule has 0 aliphatic heterocycles. The summed E-state index contributed by atoms with van der Waals surface area (Å²) in [6.45, 7) is 3.01. The molecule has 8 heteroatoms. The van der Waals surface area contributed by atoms with E-state index in [1.165, 1.54) is 0 Å². The van der Waals surface area contributed by atoms with E-state index >= 15 is 0 Å². The van der Waals surface area contributed by atoms with Crippen molar-refractivity contribution in [2.24, 2.45) is 0 Å². The zero-order valence-corrected chi connectivity index (χ0v) is 18.6. The molecule has 0 bridgehead atoms. The molecule has 0 aliphatic carbocycles. The number of carbonyl (C=O) groups excluding carboxylic acids is 1. The van der Waals surface area contributed by atoms with Gasteiger partial charge in [0.15, 0.2) is 0 Å². The first-order valence-corrected chi connectivity index (χ1v) is 11.8. The number of nitrogens with one attached hydrogen (secondary N) is 1. The highest BCUT2D eigenvalue weighted by atomic mass is 35.5. The molecule has 0 radical (unpaired) electrons. The second-order valence-corrected chi connectivity index (χ2v) is 9.16. The van der Waals surface area contributed by atoms with Gasteiger partial charge in [0.1, 0.15) is 6.04 Å². The van der Waals surface area contributed by atoms with Crippen LogP contribution in [0.1, 0.15) is 19.8 Å². The van der Waals surface area contributed by atoms with E-state index in [2.05, 4.69) is 10.2 Å². The molecule has 1 amide bonds. The third-order valence-electron chi connectivity index (χ3n) is 4.56. The number of rotatable bonds is 10. The fraction of sp³-hybridized carbons (Fsp3) is 0.381. The van der Waals surface area contributed by atoms with Crippen molar-refractivity contribution in [3.8, 4) is 0 Å². The zero-order chi connectivity index (χ0) is 21.4. The van der Waals surface area contributed by atoms with Crippen LogP contribution in [0.15, 0.2) is 54.6 Å². The number of carbonyl (C=O) groups is 1. The minimum absolute atomic E-state index is 0.319. The van der Waals surface area contributed by atoms with Gasteiger partial charge in [0.05, 0.1) is 11.9 Å². The average molecular weight is 438 g/mol. The van der Waals surface area contributed by atoms with Crippen molar-refractivity contribution in [1.82, 2.24) is 5.32 Å². The molecule has 1 N–H and O–H groups in total. The Morgan fingerprint density at radius 2 is 1.76 bits per heavy atom. The molecule has 1 unspecified atom stereocenters. The van der Waals surface area contributed by atoms with Crippen molar-refractivity contribution < 1.29 is 13.2 Å². The van der Waals surface area contributed by atoms with Gasteiger partial charge in [-0.15, -0.1) is 0 Å². The Labute approximate surface area is 178 Å². The summed E-state index contributed by atoms with van der Waals surface area (Å²) in [5, 5.41) is 3.29. The lowest BCUT2D eigenvalue weighted by molar-refractivity contribution is -0.122. The Kier molecular flexibility index (Phi) is 8.34. The molecule has 0 fully saturated rings. The number of hydrogen-bond donors (Lipinski definition) is 1. The van der Waals surface area contributed by atoms with Crippen LogP contribution in [0.3, 0.4) is 0 Å². The molecular weight excluding hydrogens is 410 g/mol. The summed E-state index contributed by atoms with van der Waals surface area (Å²) in [5.74, 6) is -0.319. The summed E-state index contributed by atoms with van der Waals surface area (Å²) in [4.78, 5) is 14.9. The quantitative estimate of drug-likeness (QED) is 0.577. The van der Waals surface area contributed by atoms with Crippen LogP contribution in [-0.2, 0) is 14.8 Å². The molecule has 0 aromatic heterocycles. The monoisotopic (exact) mass is 437 g/mol. The summed E-state index contributed by atoms with van der Waals surface area (Å²) in [5.41, 5.74) is 1.49. The van der Waals surface area contributed by atoms with Gasteiger partial charge in [-0.05, 0) is 43.2 Å². The van der Waals surface area contributed by atoms with Crippen LogP contribution in [0.5, 0.6) is 0 Å². The molecule has 6 nitrogen and oxygen atoms in total. The van der Waals surface area contributed by atoms with Crippen LogP contribution >= 0.6 is 11.6 Å². The third kappa shape index (κ3) is 6.65. The highest BCUT2D eigenvalue weighted by molar-refractivity contribution is 7.92. The number of sulfonamides is 1. The first-order valence-electron chi connectivity index (χ1n) is 9.53. The lowest BCUT2D eigenvalue weighted by Crippen LogP contribution is -2.49. The topological polar surface area (TPSA) is 69.7 Å². The predicted octanol–water partition coefficient (Wildman–Crippen LogP) is 3.53. The first-order chi connectivity index (χ1) is 13.7. The second kappa shape index (κ2) is 10.5. The van der Waals surface area contributed by atoms with Gasteiger partial charge in [-0.1, -0.05) is 42.8 Å². The second-order valence-electron chi connectivity index (χ2n) is 6.86. The molecule has 0 saturated heterocycles. The maximum atomic E-state index is 12.8. The van der Waals surface area contributed by atoms with E-state index in [0.29, 0.717) is 23.7 Å². The lowest BCUT2D eigenvalue weighted by Gasteiger charge is -2.30. The number of nitrogens with zero attached hydrogens (tertiary/aromatic N) is 2. The van der Waals surface area contributed by atoms with Crippen LogP contribution in [0.25, 0.3) is 0 Å². The van der Waals surface area contributed by atoms with Crippen molar-refractivity contribution in [3.63, 3.8) is 0 Å². The van der Waals surface area contributed by atoms with E-state index in [0.717, 1.165) is 29.2 Å². The van der Waals surface area contributed by atoms with Crippen molar-refractivity contribution in [3.05, 3.63) is 59.6 Å². The highest BCUT2D eigenvalue weighted by Gasteiger charge is 2.31. The van der Waals surface area contributed by atoms with E-state index in [-0.39, 0.29) is 5.91 Å². The number of halogens is 1. The van der Waals surface area contributed by atoms with Gasteiger partial charge in [-0.3, -0.25) is 9.10 Å². The SMILES string of the molecule is CCC(C(=O)NCCCN(C)c1ccccc1)N(c1cccc(Cl)c1)S(C)(=O)=O. The van der Waals surface area contributed by atoms with E-state index in [1.54, 1.807) is 31.2 Å². The normalized spacial score (nSPS) is 12.3. The van der Waals surface area contributed by atoms with E-state index in [4.69, 9.17) is 11.6 Å². The summed E-state index contributed by atoms with van der Waals surface area (Å²) >= 11 is 6.02. The van der Waals surface area contributed by atoms with Crippen LogP contribution in [0, 0.1) is 0 Å². The molecule has 0 aliphatic rings. The summed E-state index contributed by atoms with van der Waals surface area (Å²) in [6, 6.07) is 15.7.